The molecule has 2 heterocycles. The number of carbonyl (C=O) groups is 1. The molecule has 0 unspecified atom stereocenters. The maximum atomic E-state index is 12.5. The number of para-hydroxylation sites is 2. The Morgan fingerprint density at radius 3 is 2.28 bits per heavy atom. The van der Waals surface area contributed by atoms with Gasteiger partial charge in [-0.3, -0.25) is 15.1 Å². The van der Waals surface area contributed by atoms with Crippen molar-refractivity contribution in [3.8, 4) is 17.5 Å². The highest BCUT2D eigenvalue weighted by molar-refractivity contribution is 5.86. The van der Waals surface area contributed by atoms with Crippen LogP contribution < -0.4 is 15.1 Å². The summed E-state index contributed by atoms with van der Waals surface area (Å²) in [5.41, 5.74) is 5.00. The Morgan fingerprint density at radius 2 is 1.66 bits per heavy atom. The van der Waals surface area contributed by atoms with Crippen LogP contribution >= 0.6 is 0 Å². The number of hydrogen-bond donors (Lipinski definition) is 3. The van der Waals surface area contributed by atoms with Crippen molar-refractivity contribution < 1.29 is 19.7 Å². The molecule has 29 heavy (non-hydrogen) atoms. The number of aromatic nitrogens is 1. The van der Waals surface area contributed by atoms with Crippen molar-refractivity contribution in [2.45, 2.75) is 12.8 Å². The summed E-state index contributed by atoms with van der Waals surface area (Å²) in [6, 6.07) is 7.92. The average molecular weight is 398 g/mol. The van der Waals surface area contributed by atoms with E-state index in [-0.39, 0.29) is 24.2 Å². The van der Waals surface area contributed by atoms with Crippen molar-refractivity contribution in [3.05, 3.63) is 47.5 Å². The summed E-state index contributed by atoms with van der Waals surface area (Å²) >= 11 is 0. The topological polar surface area (TPSA) is 90.2 Å². The summed E-state index contributed by atoms with van der Waals surface area (Å²) in [5.74, 6) is 0.365. The Balaban J connectivity index is 1.35. The van der Waals surface area contributed by atoms with Crippen LogP contribution in [0, 0.1) is 0 Å². The van der Waals surface area contributed by atoms with Crippen LogP contribution in [0.15, 0.2) is 36.4 Å². The Morgan fingerprint density at radius 1 is 1.03 bits per heavy atom. The number of allylic oxidation sites excluding steroid dienone is 2. The zero-order valence-electron chi connectivity index (χ0n) is 16.5. The summed E-state index contributed by atoms with van der Waals surface area (Å²) in [5, 5.41) is 20.7. The molecule has 154 valence electrons. The lowest BCUT2D eigenvalue weighted by atomic mass is 10.0. The third kappa shape index (κ3) is 3.75. The Kier molecular flexibility index (Phi) is 5.35. The van der Waals surface area contributed by atoms with Crippen LogP contribution in [0.3, 0.4) is 0 Å². The molecule has 1 aromatic heterocycles. The zero-order valence-corrected chi connectivity index (χ0v) is 16.5. The van der Waals surface area contributed by atoms with Gasteiger partial charge in [0.2, 0.25) is 11.8 Å². The summed E-state index contributed by atoms with van der Waals surface area (Å²) in [7, 11) is 1.67. The van der Waals surface area contributed by atoms with Crippen LogP contribution in [0.4, 0.5) is 5.69 Å². The zero-order chi connectivity index (χ0) is 20.4. The highest BCUT2D eigenvalue weighted by Crippen LogP contribution is 2.35. The van der Waals surface area contributed by atoms with Gasteiger partial charge < -0.3 is 19.8 Å². The van der Waals surface area contributed by atoms with E-state index in [1.807, 2.05) is 36.4 Å². The largest absolute Gasteiger partial charge is 0.495 e. The number of piperazine rings is 1. The number of nitrogens with zero attached hydrogens (tertiary/aromatic N) is 3. The number of rotatable bonds is 5. The predicted molar refractivity (Wildman–Crippen MR) is 110 cm³/mol. The lowest BCUT2D eigenvalue weighted by Crippen LogP contribution is -2.49. The van der Waals surface area contributed by atoms with Crippen molar-refractivity contribution in [3.63, 3.8) is 0 Å². The van der Waals surface area contributed by atoms with E-state index in [0.717, 1.165) is 42.3 Å². The number of anilines is 1. The standard InChI is InChI=1S/C21H26N4O4/c1-29-18-9-5-4-8-17(18)24-12-10-23(11-13-24)14-19(26)22-25-20(27)15-6-2-3-7-16(15)21(25)28/h2-5,8-9,27-28H,6-7,10-14H2,1H3,(H,22,26). The smallest absolute Gasteiger partial charge is 0.253 e. The SMILES string of the molecule is COc1ccccc1N1CCN(CC(=O)Nn2c(O)c3c(c2O)CC=CC3)CC1. The number of benzene rings is 1. The van der Waals surface area contributed by atoms with E-state index in [1.165, 1.54) is 0 Å². The molecule has 3 N–H and O–H groups in total. The summed E-state index contributed by atoms with van der Waals surface area (Å²) in [6.07, 6.45) is 4.97. The molecule has 0 saturated carbocycles. The Hall–Kier alpha value is -3.13. The normalized spacial score (nSPS) is 16.5. The molecule has 1 fully saturated rings. The maximum Gasteiger partial charge on any atom is 0.253 e. The van der Waals surface area contributed by atoms with Crippen molar-refractivity contribution in [2.24, 2.45) is 0 Å². The Labute approximate surface area is 169 Å². The third-order valence-corrected chi connectivity index (χ3v) is 5.54. The highest BCUT2D eigenvalue weighted by atomic mass is 16.5. The average Bonchev–Trinajstić information content (AvgIpc) is 2.99. The lowest BCUT2D eigenvalue weighted by Gasteiger charge is -2.36. The van der Waals surface area contributed by atoms with E-state index in [4.69, 9.17) is 4.74 Å². The molecular weight excluding hydrogens is 372 g/mol. The minimum absolute atomic E-state index is 0.101. The van der Waals surface area contributed by atoms with E-state index in [1.54, 1.807) is 7.11 Å². The fraction of sp³-hybridized carbons (Fsp3) is 0.381. The molecule has 1 aliphatic heterocycles. The lowest BCUT2D eigenvalue weighted by molar-refractivity contribution is -0.118. The van der Waals surface area contributed by atoms with Gasteiger partial charge in [-0.05, 0) is 25.0 Å². The molecule has 8 nitrogen and oxygen atoms in total. The minimum Gasteiger partial charge on any atom is -0.495 e. The molecule has 0 atom stereocenters. The molecule has 1 aliphatic carbocycles. The first kappa shape index (κ1) is 19.2. The van der Waals surface area contributed by atoms with E-state index in [2.05, 4.69) is 15.2 Å². The first-order valence-corrected chi connectivity index (χ1v) is 9.78. The summed E-state index contributed by atoms with van der Waals surface area (Å²) in [6.45, 7) is 3.23. The summed E-state index contributed by atoms with van der Waals surface area (Å²) < 4.78 is 6.53. The van der Waals surface area contributed by atoms with Gasteiger partial charge in [-0.15, -0.1) is 0 Å². The number of hydrogen-bond acceptors (Lipinski definition) is 6. The molecule has 0 spiro atoms. The quantitative estimate of drug-likeness (QED) is 0.661. The highest BCUT2D eigenvalue weighted by Gasteiger charge is 2.25. The van der Waals surface area contributed by atoms with Gasteiger partial charge in [0.1, 0.15) is 5.75 Å². The molecule has 2 aromatic rings. The van der Waals surface area contributed by atoms with Gasteiger partial charge in [0.15, 0.2) is 0 Å². The van der Waals surface area contributed by atoms with Gasteiger partial charge in [-0.25, -0.2) is 0 Å². The summed E-state index contributed by atoms with van der Waals surface area (Å²) in [4.78, 5) is 16.8. The van der Waals surface area contributed by atoms with Crippen LogP contribution in [-0.4, -0.2) is 65.5 Å². The van der Waals surface area contributed by atoms with Crippen molar-refractivity contribution >= 4 is 11.6 Å². The van der Waals surface area contributed by atoms with Gasteiger partial charge in [0.25, 0.3) is 5.91 Å². The first-order valence-electron chi connectivity index (χ1n) is 9.78. The predicted octanol–water partition coefficient (Wildman–Crippen LogP) is 1.45. The Bertz CT molecular complexity index is 898. The molecule has 0 bridgehead atoms. The number of carbonyl (C=O) groups excluding carboxylic acids is 1. The van der Waals surface area contributed by atoms with E-state index in [0.29, 0.717) is 24.0 Å². The second-order valence-electron chi connectivity index (χ2n) is 7.29. The van der Waals surface area contributed by atoms with E-state index < -0.39 is 0 Å². The van der Waals surface area contributed by atoms with Crippen LogP contribution in [-0.2, 0) is 17.6 Å². The number of amides is 1. The molecule has 0 radical (unpaired) electrons. The molecule has 2 aliphatic rings. The van der Waals surface area contributed by atoms with Crippen LogP contribution in [0.25, 0.3) is 0 Å². The van der Waals surface area contributed by atoms with Crippen molar-refractivity contribution in [1.29, 1.82) is 0 Å². The van der Waals surface area contributed by atoms with Crippen LogP contribution in [0.5, 0.6) is 17.5 Å². The minimum atomic E-state index is -0.276. The number of nitrogens with one attached hydrogen (secondary N) is 1. The van der Waals surface area contributed by atoms with Gasteiger partial charge in [0.05, 0.1) is 19.3 Å². The first-order chi connectivity index (χ1) is 14.1. The fourth-order valence-electron chi connectivity index (χ4n) is 3.98. The van der Waals surface area contributed by atoms with E-state index >= 15 is 0 Å². The van der Waals surface area contributed by atoms with Gasteiger partial charge in [-0.1, -0.05) is 24.3 Å². The molecule has 8 heteroatoms. The molecule has 1 saturated heterocycles. The van der Waals surface area contributed by atoms with Crippen molar-refractivity contribution in [1.82, 2.24) is 9.58 Å². The van der Waals surface area contributed by atoms with Crippen LogP contribution in [0.1, 0.15) is 11.1 Å². The van der Waals surface area contributed by atoms with E-state index in [9.17, 15) is 15.0 Å². The van der Waals surface area contributed by atoms with Gasteiger partial charge in [-0.2, -0.15) is 4.68 Å². The second kappa shape index (κ2) is 8.08. The molecule has 1 aromatic carbocycles. The van der Waals surface area contributed by atoms with Gasteiger partial charge >= 0.3 is 0 Å². The third-order valence-electron chi connectivity index (χ3n) is 5.54. The second-order valence-corrected chi connectivity index (χ2v) is 7.29. The monoisotopic (exact) mass is 398 g/mol. The fourth-order valence-corrected chi connectivity index (χ4v) is 3.98. The number of methoxy groups -OCH3 is 1. The number of fused-ring (bicyclic) bond motifs is 1. The molecular formula is C21H26N4O4. The van der Waals surface area contributed by atoms with Crippen molar-refractivity contribution in [2.75, 3.05) is 50.2 Å². The number of aromatic hydroxyl groups is 2. The van der Waals surface area contributed by atoms with Gasteiger partial charge in [0, 0.05) is 37.3 Å². The maximum absolute atomic E-state index is 12.5. The molecule has 4 rings (SSSR count). The number of ether oxygens (including phenoxy) is 1. The van der Waals surface area contributed by atoms with Crippen LogP contribution in [0.2, 0.25) is 0 Å². The molecule has 1 amide bonds.